The fourth-order valence-electron chi connectivity index (χ4n) is 2.78. The SMILES string of the molecule is O=C(Nc1ccccc1-c1nc2ccccc2s1)c1ccccc1[N+](=O)[O-]. The highest BCUT2D eigenvalue weighted by Crippen LogP contribution is 2.34. The van der Waals surface area contributed by atoms with E-state index in [-0.39, 0.29) is 11.3 Å². The van der Waals surface area contributed by atoms with Gasteiger partial charge in [0.15, 0.2) is 0 Å². The Morgan fingerprint density at radius 3 is 2.48 bits per heavy atom. The summed E-state index contributed by atoms with van der Waals surface area (Å²) in [6.45, 7) is 0. The number of aromatic nitrogens is 1. The second kappa shape index (κ2) is 6.97. The van der Waals surface area contributed by atoms with E-state index in [0.717, 1.165) is 20.8 Å². The number of nitro groups is 1. The van der Waals surface area contributed by atoms with Crippen molar-refractivity contribution in [3.05, 3.63) is 88.5 Å². The van der Waals surface area contributed by atoms with Crippen LogP contribution in [0.1, 0.15) is 10.4 Å². The zero-order valence-corrected chi connectivity index (χ0v) is 14.8. The molecule has 0 unspecified atom stereocenters. The molecule has 0 bridgehead atoms. The minimum Gasteiger partial charge on any atom is -0.321 e. The first-order valence-electron chi connectivity index (χ1n) is 8.13. The number of thiazole rings is 1. The van der Waals surface area contributed by atoms with Gasteiger partial charge in [-0.25, -0.2) is 4.98 Å². The average molecular weight is 375 g/mol. The molecule has 0 saturated heterocycles. The van der Waals surface area contributed by atoms with Gasteiger partial charge in [0, 0.05) is 11.6 Å². The molecule has 0 fully saturated rings. The zero-order valence-electron chi connectivity index (χ0n) is 14.0. The molecule has 4 rings (SSSR count). The molecule has 1 amide bonds. The summed E-state index contributed by atoms with van der Waals surface area (Å²) in [6, 6.07) is 21.0. The minimum absolute atomic E-state index is 0.0154. The van der Waals surface area contributed by atoms with Gasteiger partial charge in [-0.15, -0.1) is 11.3 Å². The van der Waals surface area contributed by atoms with E-state index < -0.39 is 10.8 Å². The first-order valence-corrected chi connectivity index (χ1v) is 8.95. The molecule has 0 aliphatic rings. The predicted octanol–water partition coefficient (Wildman–Crippen LogP) is 5.12. The van der Waals surface area contributed by atoms with E-state index in [1.807, 2.05) is 36.4 Å². The Morgan fingerprint density at radius 1 is 0.963 bits per heavy atom. The van der Waals surface area contributed by atoms with Crippen molar-refractivity contribution in [2.75, 3.05) is 5.32 Å². The fourth-order valence-corrected chi connectivity index (χ4v) is 3.79. The fraction of sp³-hybridized carbons (Fsp3) is 0. The van der Waals surface area contributed by atoms with Crippen molar-refractivity contribution in [1.29, 1.82) is 0 Å². The van der Waals surface area contributed by atoms with E-state index >= 15 is 0 Å². The highest BCUT2D eigenvalue weighted by atomic mass is 32.1. The van der Waals surface area contributed by atoms with Crippen molar-refractivity contribution < 1.29 is 9.72 Å². The van der Waals surface area contributed by atoms with Crippen molar-refractivity contribution in [2.24, 2.45) is 0 Å². The molecule has 132 valence electrons. The number of rotatable bonds is 4. The minimum atomic E-state index is -0.561. The first kappa shape index (κ1) is 16.9. The van der Waals surface area contributed by atoms with E-state index in [1.54, 1.807) is 18.2 Å². The summed E-state index contributed by atoms with van der Waals surface area (Å²) in [4.78, 5) is 27.9. The van der Waals surface area contributed by atoms with Gasteiger partial charge in [0.1, 0.15) is 10.6 Å². The predicted molar refractivity (Wildman–Crippen MR) is 106 cm³/mol. The summed E-state index contributed by atoms with van der Waals surface area (Å²) in [5.74, 6) is -0.532. The molecular weight excluding hydrogens is 362 g/mol. The van der Waals surface area contributed by atoms with Crippen LogP contribution in [0.4, 0.5) is 11.4 Å². The third kappa shape index (κ3) is 3.28. The van der Waals surface area contributed by atoms with Crippen LogP contribution in [0.25, 0.3) is 20.8 Å². The molecule has 1 N–H and O–H groups in total. The van der Waals surface area contributed by atoms with Crippen molar-refractivity contribution in [2.45, 2.75) is 0 Å². The summed E-state index contributed by atoms with van der Waals surface area (Å²) >= 11 is 1.52. The van der Waals surface area contributed by atoms with Gasteiger partial charge >= 0.3 is 0 Å². The van der Waals surface area contributed by atoms with E-state index in [0.29, 0.717) is 5.69 Å². The van der Waals surface area contributed by atoms with E-state index in [2.05, 4.69) is 10.3 Å². The van der Waals surface area contributed by atoms with E-state index in [4.69, 9.17) is 0 Å². The Hall–Kier alpha value is -3.58. The number of benzene rings is 3. The van der Waals surface area contributed by atoms with Crippen molar-refractivity contribution in [3.8, 4) is 10.6 Å². The third-order valence-electron chi connectivity index (χ3n) is 4.04. The van der Waals surface area contributed by atoms with E-state index in [1.165, 1.54) is 29.5 Å². The van der Waals surface area contributed by atoms with Crippen LogP contribution >= 0.6 is 11.3 Å². The Labute approximate surface area is 158 Å². The maximum atomic E-state index is 12.7. The third-order valence-corrected chi connectivity index (χ3v) is 5.11. The van der Waals surface area contributed by atoms with Gasteiger partial charge in [0.2, 0.25) is 0 Å². The molecule has 0 spiro atoms. The molecule has 1 aromatic heterocycles. The Kier molecular flexibility index (Phi) is 4.35. The molecule has 0 saturated carbocycles. The molecule has 0 aliphatic heterocycles. The number of amides is 1. The normalized spacial score (nSPS) is 10.7. The number of nitrogens with one attached hydrogen (secondary N) is 1. The highest BCUT2D eigenvalue weighted by Gasteiger charge is 2.20. The molecule has 7 heteroatoms. The lowest BCUT2D eigenvalue weighted by atomic mass is 10.1. The molecule has 0 radical (unpaired) electrons. The largest absolute Gasteiger partial charge is 0.321 e. The van der Waals surface area contributed by atoms with Crippen molar-refractivity contribution in [3.63, 3.8) is 0 Å². The molecular formula is C20H13N3O3S. The highest BCUT2D eigenvalue weighted by molar-refractivity contribution is 7.21. The lowest BCUT2D eigenvalue weighted by molar-refractivity contribution is -0.385. The lowest BCUT2D eigenvalue weighted by Crippen LogP contribution is -2.14. The molecule has 6 nitrogen and oxygen atoms in total. The van der Waals surface area contributed by atoms with Gasteiger partial charge in [0.05, 0.1) is 20.8 Å². The first-order chi connectivity index (χ1) is 13.1. The van der Waals surface area contributed by atoms with Crippen LogP contribution < -0.4 is 5.32 Å². The van der Waals surface area contributed by atoms with Crippen LogP contribution in [-0.2, 0) is 0 Å². The average Bonchev–Trinajstić information content (AvgIpc) is 3.12. The Bertz CT molecular complexity index is 1140. The van der Waals surface area contributed by atoms with Crippen LogP contribution in [0, 0.1) is 10.1 Å². The van der Waals surface area contributed by atoms with Crippen LogP contribution in [0.15, 0.2) is 72.8 Å². The van der Waals surface area contributed by atoms with Crippen LogP contribution in [0.3, 0.4) is 0 Å². The summed E-state index contributed by atoms with van der Waals surface area (Å²) in [6.07, 6.45) is 0. The van der Waals surface area contributed by atoms with Gasteiger partial charge in [-0.05, 0) is 30.3 Å². The van der Waals surface area contributed by atoms with Crippen molar-refractivity contribution >= 4 is 38.8 Å². The molecule has 27 heavy (non-hydrogen) atoms. The zero-order chi connectivity index (χ0) is 18.8. The maximum absolute atomic E-state index is 12.7. The number of nitrogens with zero attached hydrogens (tertiary/aromatic N) is 2. The van der Waals surface area contributed by atoms with E-state index in [9.17, 15) is 14.9 Å². The lowest BCUT2D eigenvalue weighted by Gasteiger charge is -2.09. The maximum Gasteiger partial charge on any atom is 0.282 e. The standard InChI is InChI=1S/C20H13N3O3S/c24-19(14-8-2-5-11-17(14)23(25)26)21-15-9-3-1-7-13(15)20-22-16-10-4-6-12-18(16)27-20/h1-12H,(H,21,24). The van der Waals surface area contributed by atoms with Gasteiger partial charge in [0.25, 0.3) is 11.6 Å². The Morgan fingerprint density at radius 2 is 1.67 bits per heavy atom. The smallest absolute Gasteiger partial charge is 0.282 e. The molecule has 0 aliphatic carbocycles. The Balaban J connectivity index is 1.72. The summed E-state index contributed by atoms with van der Waals surface area (Å²) in [7, 11) is 0. The summed E-state index contributed by atoms with van der Waals surface area (Å²) in [5, 5.41) is 14.7. The quantitative estimate of drug-likeness (QED) is 0.396. The number of fused-ring (bicyclic) bond motifs is 1. The van der Waals surface area contributed by atoms with Crippen LogP contribution in [-0.4, -0.2) is 15.8 Å². The monoisotopic (exact) mass is 375 g/mol. The van der Waals surface area contributed by atoms with Gasteiger partial charge in [-0.1, -0.05) is 36.4 Å². The number of carbonyl (C=O) groups excluding carboxylic acids is 1. The van der Waals surface area contributed by atoms with Gasteiger partial charge < -0.3 is 5.32 Å². The summed E-state index contributed by atoms with van der Waals surface area (Å²) in [5.41, 5.74) is 2.00. The number of para-hydroxylation sites is 3. The molecule has 4 aromatic rings. The van der Waals surface area contributed by atoms with Crippen molar-refractivity contribution in [1.82, 2.24) is 4.98 Å². The molecule has 0 atom stereocenters. The molecule has 1 heterocycles. The number of hydrogen-bond acceptors (Lipinski definition) is 5. The number of nitro benzene ring substituents is 1. The topological polar surface area (TPSA) is 85.1 Å². The van der Waals surface area contributed by atoms with Crippen LogP contribution in [0.5, 0.6) is 0 Å². The molecule has 3 aromatic carbocycles. The van der Waals surface area contributed by atoms with Gasteiger partial charge in [-0.3, -0.25) is 14.9 Å². The number of anilines is 1. The second-order valence-corrected chi connectivity index (χ2v) is 6.79. The summed E-state index contributed by atoms with van der Waals surface area (Å²) < 4.78 is 1.05. The second-order valence-electron chi connectivity index (χ2n) is 5.76. The number of carbonyl (C=O) groups is 1. The van der Waals surface area contributed by atoms with Crippen LogP contribution in [0.2, 0.25) is 0 Å². The number of hydrogen-bond donors (Lipinski definition) is 1. The van der Waals surface area contributed by atoms with Gasteiger partial charge in [-0.2, -0.15) is 0 Å².